The minimum absolute atomic E-state index is 0.152. The second-order valence-corrected chi connectivity index (χ2v) is 6.08. The average molecular weight is 312 g/mol. The van der Waals surface area contributed by atoms with Crippen LogP contribution in [0.2, 0.25) is 0 Å². The lowest BCUT2D eigenvalue weighted by Gasteiger charge is -2.08. The zero-order valence-corrected chi connectivity index (χ0v) is 13.4. The molecule has 1 amide bonds. The molecule has 0 aliphatic carbocycles. The molecule has 1 saturated heterocycles. The third-order valence-electron chi connectivity index (χ3n) is 4.31. The van der Waals surface area contributed by atoms with Crippen LogP contribution in [0.1, 0.15) is 25.0 Å². The van der Waals surface area contributed by atoms with Crippen LogP contribution >= 0.6 is 0 Å². The van der Waals surface area contributed by atoms with Crippen molar-refractivity contribution in [2.45, 2.75) is 25.7 Å². The summed E-state index contributed by atoms with van der Waals surface area (Å²) in [6, 6.07) is 12.0. The van der Waals surface area contributed by atoms with E-state index in [0.717, 1.165) is 37.3 Å². The van der Waals surface area contributed by atoms with Gasteiger partial charge in [0.15, 0.2) is 0 Å². The molecular formula is C18H24N4O. The molecule has 3 rings (SSSR count). The van der Waals surface area contributed by atoms with Crippen molar-refractivity contribution < 1.29 is 4.79 Å². The zero-order chi connectivity index (χ0) is 15.9. The molecule has 0 radical (unpaired) electrons. The predicted octanol–water partition coefficient (Wildman–Crippen LogP) is 1.92. The van der Waals surface area contributed by atoms with Crippen LogP contribution in [0.25, 0.3) is 5.69 Å². The Morgan fingerprint density at radius 3 is 2.96 bits per heavy atom. The number of nitrogens with zero attached hydrogens (tertiary/aromatic N) is 2. The molecule has 2 aromatic rings. The monoisotopic (exact) mass is 312 g/mol. The van der Waals surface area contributed by atoms with E-state index in [4.69, 9.17) is 0 Å². The zero-order valence-electron chi connectivity index (χ0n) is 13.4. The van der Waals surface area contributed by atoms with Gasteiger partial charge in [-0.15, -0.1) is 0 Å². The minimum atomic E-state index is 0.152. The fraction of sp³-hybridized carbons (Fsp3) is 0.444. The van der Waals surface area contributed by atoms with Crippen molar-refractivity contribution in [2.24, 2.45) is 5.92 Å². The molecule has 1 aliphatic rings. The number of aromatic nitrogens is 2. The Balaban J connectivity index is 1.39. The predicted molar refractivity (Wildman–Crippen MR) is 90.5 cm³/mol. The number of nitrogens with one attached hydrogen (secondary N) is 2. The highest BCUT2D eigenvalue weighted by atomic mass is 16.1. The van der Waals surface area contributed by atoms with Gasteiger partial charge in [0.1, 0.15) is 0 Å². The number of hydrogen-bond donors (Lipinski definition) is 2. The molecule has 1 unspecified atom stereocenters. The van der Waals surface area contributed by atoms with Crippen molar-refractivity contribution in [1.82, 2.24) is 20.4 Å². The van der Waals surface area contributed by atoms with Crippen molar-refractivity contribution in [3.05, 3.63) is 48.3 Å². The van der Waals surface area contributed by atoms with Crippen LogP contribution in [0.5, 0.6) is 0 Å². The van der Waals surface area contributed by atoms with Crippen molar-refractivity contribution in [3.63, 3.8) is 0 Å². The summed E-state index contributed by atoms with van der Waals surface area (Å²) in [6.07, 6.45) is 5.53. The maximum atomic E-state index is 11.9. The fourth-order valence-electron chi connectivity index (χ4n) is 2.93. The van der Waals surface area contributed by atoms with Gasteiger partial charge in [-0.05, 0) is 50.0 Å². The Labute approximate surface area is 137 Å². The summed E-state index contributed by atoms with van der Waals surface area (Å²) in [5.74, 6) is 0.821. The Morgan fingerprint density at radius 1 is 1.30 bits per heavy atom. The van der Waals surface area contributed by atoms with Gasteiger partial charge in [0.05, 0.1) is 11.4 Å². The summed E-state index contributed by atoms with van der Waals surface area (Å²) >= 11 is 0. The van der Waals surface area contributed by atoms with E-state index in [2.05, 4.69) is 15.7 Å². The Morgan fingerprint density at radius 2 is 2.17 bits per heavy atom. The highest BCUT2D eigenvalue weighted by molar-refractivity contribution is 5.75. The molecule has 1 aliphatic heterocycles. The molecule has 5 nitrogen and oxygen atoms in total. The normalized spacial score (nSPS) is 17.3. The first-order valence-corrected chi connectivity index (χ1v) is 8.38. The number of hydrogen-bond acceptors (Lipinski definition) is 3. The fourth-order valence-corrected chi connectivity index (χ4v) is 2.93. The van der Waals surface area contributed by atoms with Crippen molar-refractivity contribution in [2.75, 3.05) is 19.6 Å². The molecule has 0 saturated carbocycles. The molecule has 5 heteroatoms. The number of amides is 1. The third kappa shape index (κ3) is 4.66. The molecule has 0 bridgehead atoms. The summed E-state index contributed by atoms with van der Waals surface area (Å²) in [4.78, 5) is 11.9. The summed E-state index contributed by atoms with van der Waals surface area (Å²) in [6.45, 7) is 2.80. The van der Waals surface area contributed by atoms with E-state index >= 15 is 0 Å². The molecule has 2 heterocycles. The first-order valence-electron chi connectivity index (χ1n) is 8.38. The largest absolute Gasteiger partial charge is 0.356 e. The lowest BCUT2D eigenvalue weighted by atomic mass is 10.0. The van der Waals surface area contributed by atoms with Gasteiger partial charge in [0.25, 0.3) is 0 Å². The minimum Gasteiger partial charge on any atom is -0.356 e. The van der Waals surface area contributed by atoms with Crippen LogP contribution in [0.15, 0.2) is 42.6 Å². The topological polar surface area (TPSA) is 59.0 Å². The van der Waals surface area contributed by atoms with Gasteiger partial charge in [0.2, 0.25) is 5.91 Å². The van der Waals surface area contributed by atoms with Crippen LogP contribution in [0.4, 0.5) is 0 Å². The van der Waals surface area contributed by atoms with E-state index in [0.29, 0.717) is 18.9 Å². The number of benzene rings is 1. The van der Waals surface area contributed by atoms with Crippen molar-refractivity contribution in [3.8, 4) is 5.69 Å². The Bertz CT molecular complexity index is 617. The van der Waals surface area contributed by atoms with Crippen molar-refractivity contribution >= 4 is 5.91 Å². The molecular weight excluding hydrogens is 288 g/mol. The van der Waals surface area contributed by atoms with E-state index in [9.17, 15) is 4.79 Å². The van der Waals surface area contributed by atoms with E-state index in [-0.39, 0.29) is 5.91 Å². The van der Waals surface area contributed by atoms with Gasteiger partial charge in [-0.3, -0.25) is 4.79 Å². The molecule has 1 aromatic carbocycles. The summed E-state index contributed by atoms with van der Waals surface area (Å²) in [5.41, 5.74) is 2.04. The molecule has 1 fully saturated rings. The molecule has 23 heavy (non-hydrogen) atoms. The van der Waals surface area contributed by atoms with E-state index in [1.807, 2.05) is 47.3 Å². The second-order valence-electron chi connectivity index (χ2n) is 6.08. The maximum absolute atomic E-state index is 11.9. The van der Waals surface area contributed by atoms with Gasteiger partial charge in [-0.2, -0.15) is 5.10 Å². The van der Waals surface area contributed by atoms with Crippen LogP contribution < -0.4 is 10.6 Å². The molecule has 1 atom stereocenters. The molecule has 1 aromatic heterocycles. The number of carbonyl (C=O) groups excluding carboxylic acids is 1. The van der Waals surface area contributed by atoms with E-state index in [1.54, 1.807) is 0 Å². The highest BCUT2D eigenvalue weighted by Gasteiger charge is 2.15. The third-order valence-corrected chi connectivity index (χ3v) is 4.31. The number of rotatable bonds is 7. The molecule has 0 spiro atoms. The Kier molecular flexibility index (Phi) is 5.42. The summed E-state index contributed by atoms with van der Waals surface area (Å²) < 4.78 is 1.87. The standard InChI is InChI=1S/C18H24N4O/c23-18(7-6-15-8-11-19-14-15)20-12-9-16-10-13-22(21-16)17-4-2-1-3-5-17/h1-5,10,13,15,19H,6-9,11-12,14H2,(H,20,23). The average Bonchev–Trinajstić information content (AvgIpc) is 3.26. The lowest BCUT2D eigenvalue weighted by molar-refractivity contribution is -0.121. The van der Waals surface area contributed by atoms with Crippen LogP contribution in [-0.2, 0) is 11.2 Å². The van der Waals surface area contributed by atoms with E-state index in [1.165, 1.54) is 6.42 Å². The maximum Gasteiger partial charge on any atom is 0.220 e. The second kappa shape index (κ2) is 7.92. The molecule has 2 N–H and O–H groups in total. The first-order chi connectivity index (χ1) is 11.3. The first kappa shape index (κ1) is 15.7. The van der Waals surface area contributed by atoms with Gasteiger partial charge in [-0.1, -0.05) is 18.2 Å². The van der Waals surface area contributed by atoms with Gasteiger partial charge >= 0.3 is 0 Å². The van der Waals surface area contributed by atoms with Gasteiger partial charge < -0.3 is 10.6 Å². The van der Waals surface area contributed by atoms with Crippen LogP contribution in [-0.4, -0.2) is 35.3 Å². The summed E-state index contributed by atoms with van der Waals surface area (Å²) in [7, 11) is 0. The SMILES string of the molecule is O=C(CCC1CCNC1)NCCc1ccn(-c2ccccc2)n1. The van der Waals surface area contributed by atoms with E-state index < -0.39 is 0 Å². The van der Waals surface area contributed by atoms with Gasteiger partial charge in [-0.25, -0.2) is 4.68 Å². The number of para-hydroxylation sites is 1. The smallest absolute Gasteiger partial charge is 0.220 e. The lowest BCUT2D eigenvalue weighted by Crippen LogP contribution is -2.26. The summed E-state index contributed by atoms with van der Waals surface area (Å²) in [5, 5.41) is 10.9. The van der Waals surface area contributed by atoms with Gasteiger partial charge in [0, 0.05) is 25.6 Å². The number of carbonyl (C=O) groups is 1. The quantitative estimate of drug-likeness (QED) is 0.821. The highest BCUT2D eigenvalue weighted by Crippen LogP contribution is 2.13. The van der Waals surface area contributed by atoms with Crippen LogP contribution in [0, 0.1) is 5.92 Å². The molecule has 122 valence electrons. The van der Waals surface area contributed by atoms with Crippen LogP contribution in [0.3, 0.4) is 0 Å². The Hall–Kier alpha value is -2.14. The van der Waals surface area contributed by atoms with Crippen molar-refractivity contribution in [1.29, 1.82) is 0 Å².